The Labute approximate surface area is 145 Å². The van der Waals surface area contributed by atoms with E-state index in [2.05, 4.69) is 10.6 Å². The average molecular weight is 344 g/mol. The van der Waals surface area contributed by atoms with Gasteiger partial charge in [0.1, 0.15) is 5.75 Å². The summed E-state index contributed by atoms with van der Waals surface area (Å²) in [5.41, 5.74) is 1.39. The Hall–Kier alpha value is -2.93. The Kier molecular flexibility index (Phi) is 5.25. The highest BCUT2D eigenvalue weighted by Gasteiger charge is 2.16. The van der Waals surface area contributed by atoms with Crippen LogP contribution in [0.5, 0.6) is 17.2 Å². The van der Waals surface area contributed by atoms with Gasteiger partial charge in [0.15, 0.2) is 11.5 Å². The van der Waals surface area contributed by atoms with Gasteiger partial charge in [-0.3, -0.25) is 0 Å². The molecule has 7 nitrogen and oxygen atoms in total. The fourth-order valence-corrected chi connectivity index (χ4v) is 2.46. The van der Waals surface area contributed by atoms with Crippen LogP contribution in [-0.2, 0) is 0 Å². The van der Waals surface area contributed by atoms with Crippen LogP contribution < -0.4 is 24.8 Å². The maximum atomic E-state index is 11.9. The smallest absolute Gasteiger partial charge is 0.319 e. The standard InChI is InChI=1S/C18H20N2O5/c1-23-14-5-3-13(4-6-14)20-18(22)19-9-8-15(21)12-2-7-16-17(10-12)25-11-24-16/h2-7,10,15,21H,8-9,11H2,1H3,(H2,19,20,22). The summed E-state index contributed by atoms with van der Waals surface area (Å²) in [6, 6.07) is 12.0. The Balaban J connectivity index is 1.44. The van der Waals surface area contributed by atoms with Crippen molar-refractivity contribution >= 4 is 11.7 Å². The molecule has 2 aromatic carbocycles. The maximum absolute atomic E-state index is 11.9. The zero-order valence-electron chi connectivity index (χ0n) is 13.8. The summed E-state index contributed by atoms with van der Waals surface area (Å²) in [5.74, 6) is 2.02. The number of aliphatic hydroxyl groups is 1. The summed E-state index contributed by atoms with van der Waals surface area (Å²) in [6.07, 6.45) is -0.314. The van der Waals surface area contributed by atoms with E-state index < -0.39 is 6.10 Å². The number of nitrogens with one attached hydrogen (secondary N) is 2. The maximum Gasteiger partial charge on any atom is 0.319 e. The number of hydrogen-bond donors (Lipinski definition) is 3. The van der Waals surface area contributed by atoms with Crippen molar-refractivity contribution in [1.29, 1.82) is 0 Å². The highest BCUT2D eigenvalue weighted by atomic mass is 16.7. The number of aliphatic hydroxyl groups excluding tert-OH is 1. The molecule has 1 atom stereocenters. The van der Waals surface area contributed by atoms with E-state index in [0.717, 1.165) is 11.3 Å². The summed E-state index contributed by atoms with van der Waals surface area (Å²) >= 11 is 0. The number of ether oxygens (including phenoxy) is 3. The van der Waals surface area contributed by atoms with Crippen molar-refractivity contribution in [2.75, 3.05) is 25.8 Å². The lowest BCUT2D eigenvalue weighted by atomic mass is 10.1. The van der Waals surface area contributed by atoms with Crippen molar-refractivity contribution in [1.82, 2.24) is 5.32 Å². The van der Waals surface area contributed by atoms with Crippen molar-refractivity contribution in [3.8, 4) is 17.2 Å². The predicted octanol–water partition coefficient (Wildman–Crippen LogP) is 2.67. The van der Waals surface area contributed by atoms with Crippen molar-refractivity contribution in [2.45, 2.75) is 12.5 Å². The van der Waals surface area contributed by atoms with E-state index >= 15 is 0 Å². The van der Waals surface area contributed by atoms with Gasteiger partial charge in [0.05, 0.1) is 13.2 Å². The molecule has 2 amide bonds. The van der Waals surface area contributed by atoms with E-state index in [4.69, 9.17) is 14.2 Å². The van der Waals surface area contributed by atoms with Crippen LogP contribution in [0, 0.1) is 0 Å². The molecule has 0 bridgehead atoms. The number of rotatable bonds is 6. The van der Waals surface area contributed by atoms with Gasteiger partial charge in [0.2, 0.25) is 6.79 Å². The molecule has 25 heavy (non-hydrogen) atoms. The Morgan fingerprint density at radius 2 is 1.96 bits per heavy atom. The topological polar surface area (TPSA) is 89.1 Å². The van der Waals surface area contributed by atoms with Crippen LogP contribution in [0.15, 0.2) is 42.5 Å². The Bertz CT molecular complexity index is 733. The molecule has 3 N–H and O–H groups in total. The second-order valence-electron chi connectivity index (χ2n) is 5.53. The molecule has 0 saturated carbocycles. The largest absolute Gasteiger partial charge is 0.497 e. The minimum Gasteiger partial charge on any atom is -0.497 e. The molecule has 2 aromatic rings. The van der Waals surface area contributed by atoms with Gasteiger partial charge in [-0.15, -0.1) is 0 Å². The quantitative estimate of drug-likeness (QED) is 0.750. The van der Waals surface area contributed by atoms with Crippen LogP contribution in [0.25, 0.3) is 0 Å². The predicted molar refractivity (Wildman–Crippen MR) is 92.2 cm³/mol. The third-order valence-corrected chi connectivity index (χ3v) is 3.83. The Morgan fingerprint density at radius 1 is 1.20 bits per heavy atom. The number of benzene rings is 2. The highest BCUT2D eigenvalue weighted by Crippen LogP contribution is 2.34. The molecule has 0 radical (unpaired) electrons. The van der Waals surface area contributed by atoms with Crippen LogP contribution >= 0.6 is 0 Å². The number of urea groups is 1. The number of methoxy groups -OCH3 is 1. The van der Waals surface area contributed by atoms with Crippen LogP contribution in [0.3, 0.4) is 0 Å². The van der Waals surface area contributed by atoms with Crippen LogP contribution in [0.2, 0.25) is 0 Å². The summed E-state index contributed by atoms with van der Waals surface area (Å²) in [4.78, 5) is 11.9. The molecule has 0 aliphatic carbocycles. The average Bonchev–Trinajstić information content (AvgIpc) is 3.10. The molecule has 0 spiro atoms. The van der Waals surface area contributed by atoms with Gasteiger partial charge >= 0.3 is 6.03 Å². The molecule has 1 unspecified atom stereocenters. The number of carbonyl (C=O) groups excluding carboxylic acids is 1. The van der Waals surface area contributed by atoms with Crippen molar-refractivity contribution < 1.29 is 24.1 Å². The zero-order valence-corrected chi connectivity index (χ0v) is 13.8. The second-order valence-corrected chi connectivity index (χ2v) is 5.53. The fourth-order valence-electron chi connectivity index (χ4n) is 2.46. The first-order valence-corrected chi connectivity index (χ1v) is 7.92. The Morgan fingerprint density at radius 3 is 2.72 bits per heavy atom. The first-order valence-electron chi connectivity index (χ1n) is 7.92. The van der Waals surface area contributed by atoms with Gasteiger partial charge in [-0.25, -0.2) is 4.79 Å². The SMILES string of the molecule is COc1ccc(NC(=O)NCCC(O)c2ccc3c(c2)OCO3)cc1. The van der Waals surface area contributed by atoms with Gasteiger partial charge in [-0.05, 0) is 48.4 Å². The van der Waals surface area contributed by atoms with Crippen molar-refractivity contribution in [3.63, 3.8) is 0 Å². The van der Waals surface area contributed by atoms with E-state index in [0.29, 0.717) is 30.2 Å². The minimum absolute atomic E-state index is 0.196. The molecule has 3 rings (SSSR count). The summed E-state index contributed by atoms with van der Waals surface area (Å²) in [6.45, 7) is 0.527. The highest BCUT2D eigenvalue weighted by molar-refractivity contribution is 5.89. The molecule has 7 heteroatoms. The normalized spacial score (nSPS) is 13.2. The lowest BCUT2D eigenvalue weighted by Gasteiger charge is -2.13. The van der Waals surface area contributed by atoms with Gasteiger partial charge in [0, 0.05) is 12.2 Å². The van der Waals surface area contributed by atoms with E-state index in [1.807, 2.05) is 0 Å². The molecule has 1 aliphatic heterocycles. The molecule has 0 fully saturated rings. The van der Waals surface area contributed by atoms with E-state index in [1.165, 1.54) is 0 Å². The lowest BCUT2D eigenvalue weighted by Crippen LogP contribution is -2.30. The van der Waals surface area contributed by atoms with Crippen molar-refractivity contribution in [2.24, 2.45) is 0 Å². The molecular weight excluding hydrogens is 324 g/mol. The van der Waals surface area contributed by atoms with Crippen LogP contribution in [-0.4, -0.2) is 31.6 Å². The van der Waals surface area contributed by atoms with E-state index in [-0.39, 0.29) is 12.8 Å². The lowest BCUT2D eigenvalue weighted by molar-refractivity contribution is 0.165. The molecular formula is C18H20N2O5. The fraction of sp³-hybridized carbons (Fsp3) is 0.278. The molecule has 1 heterocycles. The molecule has 0 saturated heterocycles. The number of anilines is 1. The van der Waals surface area contributed by atoms with Crippen LogP contribution in [0.1, 0.15) is 18.1 Å². The first kappa shape index (κ1) is 16.9. The van der Waals surface area contributed by atoms with Crippen molar-refractivity contribution in [3.05, 3.63) is 48.0 Å². The van der Waals surface area contributed by atoms with Gasteiger partial charge in [-0.2, -0.15) is 0 Å². The van der Waals surface area contributed by atoms with E-state index in [9.17, 15) is 9.90 Å². The van der Waals surface area contributed by atoms with Gasteiger partial charge in [-0.1, -0.05) is 6.07 Å². The summed E-state index contributed by atoms with van der Waals surface area (Å²) < 4.78 is 15.6. The minimum atomic E-state index is -0.698. The third kappa shape index (κ3) is 4.33. The van der Waals surface area contributed by atoms with Gasteiger partial charge < -0.3 is 30.0 Å². The van der Waals surface area contributed by atoms with Crippen LogP contribution in [0.4, 0.5) is 10.5 Å². The summed E-state index contributed by atoms with van der Waals surface area (Å²) in [5, 5.41) is 15.7. The third-order valence-electron chi connectivity index (χ3n) is 3.83. The monoisotopic (exact) mass is 344 g/mol. The zero-order chi connectivity index (χ0) is 17.6. The number of fused-ring (bicyclic) bond motifs is 1. The molecule has 0 aromatic heterocycles. The number of amides is 2. The van der Waals surface area contributed by atoms with E-state index in [1.54, 1.807) is 49.6 Å². The van der Waals surface area contributed by atoms with Gasteiger partial charge in [0.25, 0.3) is 0 Å². The first-order chi connectivity index (χ1) is 12.2. The second kappa shape index (κ2) is 7.76. The number of hydrogen-bond acceptors (Lipinski definition) is 5. The number of carbonyl (C=O) groups is 1. The summed E-state index contributed by atoms with van der Waals surface area (Å²) in [7, 11) is 1.58. The molecule has 132 valence electrons. The molecule has 1 aliphatic rings.